The highest BCUT2D eigenvalue weighted by molar-refractivity contribution is 5.98. The number of rotatable bonds is 7. The zero-order valence-electron chi connectivity index (χ0n) is 18.8. The Morgan fingerprint density at radius 2 is 1.68 bits per heavy atom. The Morgan fingerprint density at radius 3 is 2.29 bits per heavy atom. The van der Waals surface area contributed by atoms with Crippen LogP contribution in [-0.2, 0) is 4.79 Å². The highest BCUT2D eigenvalue weighted by Crippen LogP contribution is 2.27. The maximum absolute atomic E-state index is 13.3. The number of methoxy groups -OCH3 is 1. The smallest absolute Gasteiger partial charge is 0.304 e. The van der Waals surface area contributed by atoms with Crippen LogP contribution < -0.4 is 20.2 Å². The molecule has 0 saturated carbocycles. The number of hydrogen-bond donors (Lipinski definition) is 2. The van der Waals surface area contributed by atoms with E-state index in [2.05, 4.69) is 10.7 Å². The largest absolute Gasteiger partial charge is 0.497 e. The minimum Gasteiger partial charge on any atom is -0.497 e. The first-order valence-corrected chi connectivity index (χ1v) is 10.9. The molecule has 34 heavy (non-hydrogen) atoms. The van der Waals surface area contributed by atoms with Crippen LogP contribution in [0.3, 0.4) is 0 Å². The summed E-state index contributed by atoms with van der Waals surface area (Å²) in [6.45, 7) is 2.49. The molecule has 1 heterocycles. The summed E-state index contributed by atoms with van der Waals surface area (Å²) in [6.07, 6.45) is 1.80. The van der Waals surface area contributed by atoms with Crippen LogP contribution in [0.2, 0.25) is 0 Å². The van der Waals surface area contributed by atoms with Gasteiger partial charge in [0.25, 0.3) is 5.91 Å². The van der Waals surface area contributed by atoms with Crippen molar-refractivity contribution < 1.29 is 28.1 Å². The van der Waals surface area contributed by atoms with Crippen molar-refractivity contribution in [1.29, 1.82) is 0 Å². The zero-order valence-corrected chi connectivity index (χ0v) is 18.8. The van der Waals surface area contributed by atoms with Gasteiger partial charge in [0, 0.05) is 16.7 Å². The molecule has 1 aliphatic heterocycles. The predicted molar refractivity (Wildman–Crippen MR) is 125 cm³/mol. The first-order valence-electron chi connectivity index (χ1n) is 10.9. The molecule has 0 unspecified atom stereocenters. The summed E-state index contributed by atoms with van der Waals surface area (Å²) in [5, 5.41) is 2.80. The predicted octanol–water partition coefficient (Wildman–Crippen LogP) is 3.25. The van der Waals surface area contributed by atoms with Crippen molar-refractivity contribution in [3.05, 3.63) is 95.3 Å². The molecule has 2 amide bonds. The Hall–Kier alpha value is -4.20. The SMILES string of the molecule is CCOc1ccc(/C=[N+]2\NC(=O)[C@@H](NC(=O)c3ccc(F)cc3)[C@@H]2c2ccc(OC)cc2)cc1. The van der Waals surface area contributed by atoms with Crippen molar-refractivity contribution in [2.24, 2.45) is 0 Å². The molecule has 1 fully saturated rings. The number of hydrazine groups is 1. The Balaban J connectivity index is 1.67. The Morgan fingerprint density at radius 1 is 1.03 bits per heavy atom. The van der Waals surface area contributed by atoms with E-state index in [9.17, 15) is 14.0 Å². The standard InChI is InChI=1S/C26H24FN3O4/c1-3-34-22-12-4-17(5-13-22)16-30-24(18-8-14-21(33-2)15-9-18)23(26(32)29-30)28-25(31)19-6-10-20(27)11-7-19/h4-16,23-24H,3H2,1-2H3,(H-,28,29,31,32)/p+1/b30-16-/t23-,24-/m0/s1. The van der Waals surface area contributed by atoms with Gasteiger partial charge in [-0.3, -0.25) is 9.59 Å². The van der Waals surface area contributed by atoms with Crippen molar-refractivity contribution in [2.75, 3.05) is 13.7 Å². The molecule has 2 atom stereocenters. The van der Waals surface area contributed by atoms with Gasteiger partial charge in [-0.2, -0.15) is 0 Å². The van der Waals surface area contributed by atoms with Crippen molar-refractivity contribution in [2.45, 2.75) is 19.0 Å². The monoisotopic (exact) mass is 462 g/mol. The number of hydrazone groups is 1. The highest BCUT2D eigenvalue weighted by atomic mass is 19.1. The van der Waals surface area contributed by atoms with Gasteiger partial charge in [0.15, 0.2) is 6.04 Å². The molecule has 1 saturated heterocycles. The van der Waals surface area contributed by atoms with Gasteiger partial charge in [-0.25, -0.2) is 4.39 Å². The lowest BCUT2D eigenvalue weighted by atomic mass is 9.99. The minimum atomic E-state index is -0.884. The fourth-order valence-corrected chi connectivity index (χ4v) is 3.78. The molecule has 0 aliphatic carbocycles. The third-order valence-corrected chi connectivity index (χ3v) is 5.47. The lowest BCUT2D eigenvalue weighted by molar-refractivity contribution is -0.596. The van der Waals surface area contributed by atoms with E-state index in [0.29, 0.717) is 12.4 Å². The Kier molecular flexibility index (Phi) is 6.87. The lowest BCUT2D eigenvalue weighted by Crippen LogP contribution is -2.42. The van der Waals surface area contributed by atoms with Gasteiger partial charge in [-0.15, -0.1) is 10.1 Å². The second-order valence-corrected chi connectivity index (χ2v) is 7.69. The van der Waals surface area contributed by atoms with Crippen LogP contribution >= 0.6 is 0 Å². The third kappa shape index (κ3) is 5.06. The average Bonchev–Trinajstić information content (AvgIpc) is 3.15. The molecule has 3 aromatic rings. The van der Waals surface area contributed by atoms with Crippen molar-refractivity contribution in [1.82, 2.24) is 10.7 Å². The number of ether oxygens (including phenoxy) is 2. The van der Waals surface area contributed by atoms with Gasteiger partial charge in [0.05, 0.1) is 13.7 Å². The lowest BCUT2D eigenvalue weighted by Gasteiger charge is -2.15. The van der Waals surface area contributed by atoms with Crippen LogP contribution in [0.15, 0.2) is 72.8 Å². The Labute approximate surface area is 196 Å². The minimum absolute atomic E-state index is 0.261. The van der Waals surface area contributed by atoms with Gasteiger partial charge in [0.2, 0.25) is 12.3 Å². The maximum Gasteiger partial charge on any atom is 0.304 e. The maximum atomic E-state index is 13.3. The summed E-state index contributed by atoms with van der Waals surface area (Å²) in [4.78, 5) is 25.8. The molecule has 0 radical (unpaired) electrons. The van der Waals surface area contributed by atoms with E-state index >= 15 is 0 Å². The van der Waals surface area contributed by atoms with E-state index in [1.165, 1.54) is 24.3 Å². The average molecular weight is 463 g/mol. The van der Waals surface area contributed by atoms with Gasteiger partial charge in [-0.05, 0) is 79.7 Å². The zero-order chi connectivity index (χ0) is 24.1. The summed E-state index contributed by atoms with van der Waals surface area (Å²) in [7, 11) is 1.58. The molecule has 2 N–H and O–H groups in total. The van der Waals surface area contributed by atoms with Crippen LogP contribution in [0.4, 0.5) is 4.39 Å². The fourth-order valence-electron chi connectivity index (χ4n) is 3.78. The summed E-state index contributed by atoms with van der Waals surface area (Å²) in [5.74, 6) is 0.152. The summed E-state index contributed by atoms with van der Waals surface area (Å²) in [6, 6.07) is 18.5. The Bertz CT molecular complexity index is 1190. The second kappa shape index (κ2) is 10.2. The topological polar surface area (TPSA) is 79.7 Å². The highest BCUT2D eigenvalue weighted by Gasteiger charge is 2.47. The number of benzene rings is 3. The van der Waals surface area contributed by atoms with E-state index in [1.54, 1.807) is 30.1 Å². The van der Waals surface area contributed by atoms with Crippen LogP contribution in [-0.4, -0.2) is 42.5 Å². The molecule has 0 aromatic heterocycles. The summed E-state index contributed by atoms with van der Waals surface area (Å²) >= 11 is 0. The normalized spacial score (nSPS) is 18.4. The molecule has 7 nitrogen and oxygen atoms in total. The van der Waals surface area contributed by atoms with E-state index in [0.717, 1.165) is 16.9 Å². The van der Waals surface area contributed by atoms with Crippen molar-refractivity contribution >= 4 is 18.0 Å². The van der Waals surface area contributed by atoms with Crippen LogP contribution in [0.5, 0.6) is 11.5 Å². The summed E-state index contributed by atoms with van der Waals surface area (Å²) < 4.78 is 25.7. The molecule has 3 aromatic carbocycles. The number of halogens is 1. The van der Waals surface area contributed by atoms with Gasteiger partial charge >= 0.3 is 5.91 Å². The molecule has 4 rings (SSSR count). The molecular formula is C26H25FN3O4+. The number of carbonyl (C=O) groups excluding carboxylic acids is 2. The van der Waals surface area contributed by atoms with Crippen molar-refractivity contribution in [3.63, 3.8) is 0 Å². The van der Waals surface area contributed by atoms with E-state index in [4.69, 9.17) is 9.47 Å². The number of amides is 2. The molecule has 1 aliphatic rings. The van der Waals surface area contributed by atoms with Crippen LogP contribution in [0.1, 0.15) is 34.5 Å². The third-order valence-electron chi connectivity index (χ3n) is 5.47. The number of carbonyl (C=O) groups is 2. The molecule has 0 bridgehead atoms. The van der Waals surface area contributed by atoms with Gasteiger partial charge < -0.3 is 14.8 Å². The molecule has 0 spiro atoms. The van der Waals surface area contributed by atoms with E-state index in [1.807, 2.05) is 43.3 Å². The quantitative estimate of drug-likeness (QED) is 0.529. The molecular weight excluding hydrogens is 437 g/mol. The van der Waals surface area contributed by atoms with Gasteiger partial charge in [-0.1, -0.05) is 0 Å². The first-order chi connectivity index (χ1) is 16.5. The van der Waals surface area contributed by atoms with Crippen molar-refractivity contribution in [3.8, 4) is 11.5 Å². The number of hydrogen-bond acceptors (Lipinski definition) is 4. The van der Waals surface area contributed by atoms with E-state index < -0.39 is 23.8 Å². The molecule has 174 valence electrons. The first kappa shape index (κ1) is 23.0. The van der Waals surface area contributed by atoms with Crippen LogP contribution in [0, 0.1) is 5.82 Å². The second-order valence-electron chi connectivity index (χ2n) is 7.69. The van der Waals surface area contributed by atoms with Gasteiger partial charge in [0.1, 0.15) is 17.3 Å². The number of nitrogens with one attached hydrogen (secondary N) is 2. The number of nitrogens with zero attached hydrogens (tertiary/aromatic N) is 1. The molecule has 8 heteroatoms. The summed E-state index contributed by atoms with van der Waals surface area (Å²) in [5.41, 5.74) is 4.74. The van der Waals surface area contributed by atoms with Crippen LogP contribution in [0.25, 0.3) is 0 Å². The fraction of sp³-hybridized carbons (Fsp3) is 0.192. The van der Waals surface area contributed by atoms with E-state index in [-0.39, 0.29) is 11.5 Å².